The molecule has 0 spiro atoms. The van der Waals surface area contributed by atoms with Crippen LogP contribution in [0.2, 0.25) is 0 Å². The average Bonchev–Trinajstić information content (AvgIpc) is 2.48. The highest BCUT2D eigenvalue weighted by molar-refractivity contribution is 7.57. The summed E-state index contributed by atoms with van der Waals surface area (Å²) < 4.78 is 17.1. The van der Waals surface area contributed by atoms with Crippen LogP contribution >= 0.6 is 7.37 Å². The molecule has 0 heterocycles. The molecule has 0 aliphatic carbocycles. The molecule has 0 saturated heterocycles. The van der Waals surface area contributed by atoms with Gasteiger partial charge in [-0.2, -0.15) is 0 Å². The minimum Gasteiger partial charge on any atom is -0.332 e. The first kappa shape index (κ1) is 17.0. The molecule has 1 unspecified atom stereocenters. The van der Waals surface area contributed by atoms with Crippen LogP contribution in [-0.4, -0.2) is 13.8 Å². The summed E-state index contributed by atoms with van der Waals surface area (Å²) in [6.45, 7) is 8.24. The Morgan fingerprint density at radius 2 is 1.41 bits per heavy atom. The van der Waals surface area contributed by atoms with Gasteiger partial charge in [-0.15, -0.1) is 0 Å². The minimum atomic E-state index is -2.51. The van der Waals surface area contributed by atoms with Crippen molar-refractivity contribution in [2.24, 2.45) is 0 Å². The number of benzene rings is 2. The quantitative estimate of drug-likeness (QED) is 0.693. The van der Waals surface area contributed by atoms with Crippen molar-refractivity contribution in [2.45, 2.75) is 32.3 Å². The normalized spacial score (nSPS) is 14.6. The van der Waals surface area contributed by atoms with Crippen LogP contribution in [-0.2, 0) is 20.7 Å². The van der Waals surface area contributed by atoms with Gasteiger partial charge in [0.15, 0.2) is 0 Å². The molecule has 0 aliphatic heterocycles. The molecule has 118 valence electrons. The zero-order chi connectivity index (χ0) is 16.4. The first-order valence-corrected chi connectivity index (χ1v) is 9.79. The van der Waals surface area contributed by atoms with E-state index in [9.17, 15) is 4.57 Å². The maximum absolute atomic E-state index is 12.1. The third-order valence-corrected chi connectivity index (χ3v) is 6.02. The molecule has 2 rings (SSSR count). The van der Waals surface area contributed by atoms with Gasteiger partial charge < -0.3 is 4.52 Å². The topological polar surface area (TPSA) is 26.3 Å². The minimum absolute atomic E-state index is 0.0522. The Morgan fingerprint density at radius 3 is 1.86 bits per heavy atom. The summed E-state index contributed by atoms with van der Waals surface area (Å²) in [5, 5.41) is 0. The molecule has 22 heavy (non-hydrogen) atoms. The van der Waals surface area contributed by atoms with Gasteiger partial charge in [-0.05, 0) is 23.6 Å². The Balaban J connectivity index is 2.25. The van der Waals surface area contributed by atoms with Crippen molar-refractivity contribution in [2.75, 3.05) is 13.8 Å². The van der Waals surface area contributed by atoms with Crippen LogP contribution in [0.15, 0.2) is 48.5 Å². The molecule has 0 amide bonds. The van der Waals surface area contributed by atoms with Crippen molar-refractivity contribution in [3.05, 3.63) is 70.8 Å². The summed E-state index contributed by atoms with van der Waals surface area (Å²) >= 11 is 0. The SMILES string of the molecule is COP(C)(=O)Cc1ccc(C(C)(C)c2ccc(C)cc2)cc1. The number of hydrogen-bond donors (Lipinski definition) is 0. The van der Waals surface area contributed by atoms with Crippen molar-refractivity contribution in [3.8, 4) is 0 Å². The summed E-state index contributed by atoms with van der Waals surface area (Å²) in [6.07, 6.45) is 0.481. The molecule has 0 radical (unpaired) electrons. The monoisotopic (exact) mass is 316 g/mol. The molecule has 0 aromatic heterocycles. The summed E-state index contributed by atoms with van der Waals surface area (Å²) in [5.41, 5.74) is 4.82. The molecule has 0 fully saturated rings. The first-order chi connectivity index (χ1) is 10.2. The van der Waals surface area contributed by atoms with E-state index in [1.54, 1.807) is 6.66 Å². The highest BCUT2D eigenvalue weighted by atomic mass is 31.2. The van der Waals surface area contributed by atoms with E-state index in [1.807, 2.05) is 0 Å². The van der Waals surface area contributed by atoms with Crippen LogP contribution in [0.5, 0.6) is 0 Å². The molecule has 3 heteroatoms. The second-order valence-electron chi connectivity index (χ2n) is 6.54. The molecule has 0 N–H and O–H groups in total. The van der Waals surface area contributed by atoms with Crippen LogP contribution in [0.4, 0.5) is 0 Å². The van der Waals surface area contributed by atoms with Crippen LogP contribution in [0.1, 0.15) is 36.1 Å². The van der Waals surface area contributed by atoms with Gasteiger partial charge >= 0.3 is 0 Å². The van der Waals surface area contributed by atoms with Gasteiger partial charge in [0.25, 0.3) is 0 Å². The van der Waals surface area contributed by atoms with Crippen molar-refractivity contribution in [3.63, 3.8) is 0 Å². The smallest absolute Gasteiger partial charge is 0.204 e. The van der Waals surface area contributed by atoms with E-state index in [1.165, 1.54) is 23.8 Å². The third kappa shape index (κ3) is 3.88. The molecule has 0 aliphatic rings. The van der Waals surface area contributed by atoms with Crippen molar-refractivity contribution >= 4 is 7.37 Å². The number of aryl methyl sites for hydroxylation is 1. The van der Waals surface area contributed by atoms with Crippen molar-refractivity contribution in [1.82, 2.24) is 0 Å². The Morgan fingerprint density at radius 1 is 0.955 bits per heavy atom. The lowest BCUT2D eigenvalue weighted by Gasteiger charge is -2.26. The lowest BCUT2D eigenvalue weighted by Crippen LogP contribution is -2.18. The van der Waals surface area contributed by atoms with Crippen molar-refractivity contribution in [1.29, 1.82) is 0 Å². The Bertz CT molecular complexity index is 670. The van der Waals surface area contributed by atoms with E-state index in [2.05, 4.69) is 69.3 Å². The van der Waals surface area contributed by atoms with E-state index in [4.69, 9.17) is 4.52 Å². The molecule has 0 bridgehead atoms. The third-order valence-electron chi connectivity index (χ3n) is 4.30. The van der Waals surface area contributed by atoms with Crippen LogP contribution in [0.25, 0.3) is 0 Å². The Kier molecular flexibility index (Phi) is 4.94. The van der Waals surface area contributed by atoms with E-state index < -0.39 is 7.37 Å². The van der Waals surface area contributed by atoms with E-state index in [-0.39, 0.29) is 5.41 Å². The Labute approximate surface area is 134 Å². The maximum atomic E-state index is 12.1. The second-order valence-corrected chi connectivity index (χ2v) is 9.25. The summed E-state index contributed by atoms with van der Waals surface area (Å²) in [6, 6.07) is 17.0. The van der Waals surface area contributed by atoms with E-state index in [0.717, 1.165) is 5.56 Å². The fourth-order valence-corrected chi connectivity index (χ4v) is 3.56. The average molecular weight is 316 g/mol. The van der Waals surface area contributed by atoms with Gasteiger partial charge in [-0.1, -0.05) is 67.9 Å². The van der Waals surface area contributed by atoms with Gasteiger partial charge in [0.1, 0.15) is 0 Å². The molecule has 1 atom stereocenters. The zero-order valence-corrected chi connectivity index (χ0v) is 15.0. The highest BCUT2D eigenvalue weighted by Gasteiger charge is 2.23. The largest absolute Gasteiger partial charge is 0.332 e. The zero-order valence-electron chi connectivity index (χ0n) is 14.1. The number of rotatable bonds is 5. The fourth-order valence-electron chi connectivity index (χ4n) is 2.56. The molecular weight excluding hydrogens is 291 g/mol. The Hall–Kier alpha value is -1.37. The van der Waals surface area contributed by atoms with Gasteiger partial charge in [0, 0.05) is 25.4 Å². The predicted molar refractivity (Wildman–Crippen MR) is 94.0 cm³/mol. The van der Waals surface area contributed by atoms with Crippen LogP contribution < -0.4 is 0 Å². The highest BCUT2D eigenvalue weighted by Crippen LogP contribution is 2.45. The molecule has 0 saturated carbocycles. The lowest BCUT2D eigenvalue weighted by atomic mass is 9.78. The van der Waals surface area contributed by atoms with Gasteiger partial charge in [-0.25, -0.2) is 0 Å². The van der Waals surface area contributed by atoms with Gasteiger partial charge in [0.2, 0.25) is 7.37 Å². The summed E-state index contributed by atoms with van der Waals surface area (Å²) in [7, 11) is -1.01. The summed E-state index contributed by atoms with van der Waals surface area (Å²) in [5.74, 6) is 0. The molecule has 2 aromatic carbocycles. The van der Waals surface area contributed by atoms with Crippen molar-refractivity contribution < 1.29 is 9.09 Å². The predicted octanol–water partition coefficient (Wildman–Crippen LogP) is 5.38. The first-order valence-electron chi connectivity index (χ1n) is 7.53. The molecule has 2 aromatic rings. The van der Waals surface area contributed by atoms with Crippen LogP contribution in [0.3, 0.4) is 0 Å². The van der Waals surface area contributed by atoms with Crippen LogP contribution in [0, 0.1) is 6.92 Å². The summed E-state index contributed by atoms with van der Waals surface area (Å²) in [4.78, 5) is 0. The standard InChI is InChI=1S/C19H25O2P/c1-15-6-10-17(11-7-15)19(2,3)18-12-8-16(9-13-18)14-22(5,20)21-4/h6-13H,14H2,1-5H3. The molecule has 2 nitrogen and oxygen atoms in total. The maximum Gasteiger partial charge on any atom is 0.204 e. The second kappa shape index (κ2) is 6.40. The van der Waals surface area contributed by atoms with Gasteiger partial charge in [0.05, 0.1) is 0 Å². The number of hydrogen-bond acceptors (Lipinski definition) is 2. The van der Waals surface area contributed by atoms with E-state index >= 15 is 0 Å². The fraction of sp³-hybridized carbons (Fsp3) is 0.368. The van der Waals surface area contributed by atoms with Gasteiger partial charge in [-0.3, -0.25) is 4.57 Å². The lowest BCUT2D eigenvalue weighted by molar-refractivity contribution is 0.398. The van der Waals surface area contributed by atoms with E-state index in [0.29, 0.717) is 6.16 Å². The molecular formula is C19H25O2P.